The molecule has 0 aliphatic rings. The minimum atomic E-state index is 0.551. The van der Waals surface area contributed by atoms with Gasteiger partial charge in [0.15, 0.2) is 0 Å². The van der Waals surface area contributed by atoms with Crippen molar-refractivity contribution in [3.8, 4) is 0 Å². The lowest BCUT2D eigenvalue weighted by Gasteiger charge is -2.19. The minimum absolute atomic E-state index is 0.551. The number of nitrogens with one attached hydrogen (secondary N) is 1. The van der Waals surface area contributed by atoms with Crippen LogP contribution in [0.5, 0.6) is 0 Å². The van der Waals surface area contributed by atoms with E-state index in [0.717, 1.165) is 12.3 Å². The molecule has 1 N–H and O–H groups in total. The van der Waals surface area contributed by atoms with Crippen molar-refractivity contribution < 1.29 is 0 Å². The molecule has 0 bridgehead atoms. The van der Waals surface area contributed by atoms with Crippen LogP contribution in [-0.4, -0.2) is 18.1 Å². The number of aromatic nitrogens is 1. The molecule has 1 rings (SSSR count). The second kappa shape index (κ2) is 6.57. The largest absolute Gasteiger partial charge is 0.317 e. The molecule has 2 nitrogen and oxygen atoms in total. The summed E-state index contributed by atoms with van der Waals surface area (Å²) in [4.78, 5) is 4.36. The Labute approximate surface area is 93.1 Å². The Bertz CT molecular complexity index is 258. The first-order valence-electron chi connectivity index (χ1n) is 5.83. The molecule has 0 saturated heterocycles. The van der Waals surface area contributed by atoms with Crippen LogP contribution in [0.4, 0.5) is 0 Å². The van der Waals surface area contributed by atoms with E-state index in [1.54, 1.807) is 0 Å². The van der Waals surface area contributed by atoms with Gasteiger partial charge in [-0.1, -0.05) is 26.3 Å². The first kappa shape index (κ1) is 12.2. The van der Waals surface area contributed by atoms with Gasteiger partial charge in [-0.2, -0.15) is 0 Å². The molecule has 0 aromatic carbocycles. The van der Waals surface area contributed by atoms with Gasteiger partial charge in [-0.15, -0.1) is 0 Å². The van der Waals surface area contributed by atoms with Gasteiger partial charge in [0.05, 0.1) is 0 Å². The monoisotopic (exact) mass is 206 g/mol. The highest BCUT2D eigenvalue weighted by Gasteiger charge is 2.11. The summed E-state index contributed by atoms with van der Waals surface area (Å²) in [5.41, 5.74) is 1.18. The molecule has 0 amide bonds. The van der Waals surface area contributed by atoms with Crippen LogP contribution in [0, 0.1) is 5.92 Å². The Balaban J connectivity index is 2.47. The van der Waals surface area contributed by atoms with E-state index in [1.165, 1.54) is 18.5 Å². The highest BCUT2D eigenvalue weighted by Crippen LogP contribution is 2.12. The molecule has 0 radical (unpaired) electrons. The van der Waals surface area contributed by atoms with Crippen LogP contribution in [0.3, 0.4) is 0 Å². The van der Waals surface area contributed by atoms with Crippen molar-refractivity contribution in [3.05, 3.63) is 30.1 Å². The second-order valence-corrected chi connectivity index (χ2v) is 4.26. The van der Waals surface area contributed by atoms with Crippen LogP contribution in [0.1, 0.15) is 32.4 Å². The van der Waals surface area contributed by atoms with Crippen LogP contribution >= 0.6 is 0 Å². The first-order valence-corrected chi connectivity index (χ1v) is 5.83. The number of hydrogen-bond acceptors (Lipinski definition) is 2. The van der Waals surface area contributed by atoms with Crippen LogP contribution in [0.15, 0.2) is 24.4 Å². The summed E-state index contributed by atoms with van der Waals surface area (Å²) >= 11 is 0. The molecule has 84 valence electrons. The summed E-state index contributed by atoms with van der Waals surface area (Å²) < 4.78 is 0. The van der Waals surface area contributed by atoms with E-state index in [9.17, 15) is 0 Å². The Morgan fingerprint density at radius 2 is 2.20 bits per heavy atom. The SMILES string of the molecule is CCC(C)CC(Cc1ccccn1)NC. The molecule has 2 heteroatoms. The summed E-state index contributed by atoms with van der Waals surface area (Å²) in [6.45, 7) is 4.56. The molecule has 2 unspecified atom stereocenters. The van der Waals surface area contributed by atoms with Crippen molar-refractivity contribution in [2.45, 2.75) is 39.2 Å². The second-order valence-electron chi connectivity index (χ2n) is 4.26. The Morgan fingerprint density at radius 1 is 1.40 bits per heavy atom. The number of pyridine rings is 1. The fourth-order valence-electron chi connectivity index (χ4n) is 1.73. The highest BCUT2D eigenvalue weighted by atomic mass is 14.9. The van der Waals surface area contributed by atoms with Gasteiger partial charge in [0.2, 0.25) is 0 Å². The molecule has 1 heterocycles. The normalized spacial score (nSPS) is 14.9. The number of hydrogen-bond donors (Lipinski definition) is 1. The lowest BCUT2D eigenvalue weighted by Crippen LogP contribution is -2.29. The van der Waals surface area contributed by atoms with Gasteiger partial charge in [-0.05, 0) is 31.5 Å². The van der Waals surface area contributed by atoms with Gasteiger partial charge in [0.1, 0.15) is 0 Å². The van der Waals surface area contributed by atoms with Gasteiger partial charge >= 0.3 is 0 Å². The van der Waals surface area contributed by atoms with E-state index in [0.29, 0.717) is 6.04 Å². The highest BCUT2D eigenvalue weighted by molar-refractivity contribution is 5.05. The Kier molecular flexibility index (Phi) is 5.33. The summed E-state index contributed by atoms with van der Waals surface area (Å²) in [5.74, 6) is 0.783. The molecule has 1 aromatic rings. The molecule has 0 fully saturated rings. The van der Waals surface area contributed by atoms with Crippen molar-refractivity contribution in [1.82, 2.24) is 10.3 Å². The molecular formula is C13H22N2. The van der Waals surface area contributed by atoms with Crippen molar-refractivity contribution >= 4 is 0 Å². The molecule has 2 atom stereocenters. The fraction of sp³-hybridized carbons (Fsp3) is 0.615. The summed E-state index contributed by atoms with van der Waals surface area (Å²) in [7, 11) is 2.04. The topological polar surface area (TPSA) is 24.9 Å². The molecule has 15 heavy (non-hydrogen) atoms. The third-order valence-electron chi connectivity index (χ3n) is 2.97. The average Bonchev–Trinajstić information content (AvgIpc) is 2.29. The van der Waals surface area contributed by atoms with E-state index in [2.05, 4.69) is 36.3 Å². The van der Waals surface area contributed by atoms with E-state index < -0.39 is 0 Å². The Morgan fingerprint density at radius 3 is 2.73 bits per heavy atom. The summed E-state index contributed by atoms with van der Waals surface area (Å²) in [5, 5.41) is 3.38. The van der Waals surface area contributed by atoms with Gasteiger partial charge in [-0.25, -0.2) is 0 Å². The van der Waals surface area contributed by atoms with E-state index in [4.69, 9.17) is 0 Å². The molecule has 0 aliphatic heterocycles. The van der Waals surface area contributed by atoms with Gasteiger partial charge in [-0.3, -0.25) is 4.98 Å². The first-order chi connectivity index (χ1) is 7.26. The Hall–Kier alpha value is -0.890. The maximum absolute atomic E-state index is 4.36. The van der Waals surface area contributed by atoms with E-state index in [-0.39, 0.29) is 0 Å². The minimum Gasteiger partial charge on any atom is -0.317 e. The number of likely N-dealkylation sites (N-methyl/N-ethyl adjacent to an activating group) is 1. The zero-order valence-corrected chi connectivity index (χ0v) is 10.0. The maximum Gasteiger partial charge on any atom is 0.0419 e. The van der Waals surface area contributed by atoms with Crippen molar-refractivity contribution in [3.63, 3.8) is 0 Å². The van der Waals surface area contributed by atoms with E-state index in [1.807, 2.05) is 19.3 Å². The quantitative estimate of drug-likeness (QED) is 0.774. The van der Waals surface area contributed by atoms with Crippen LogP contribution in [-0.2, 0) is 6.42 Å². The number of nitrogens with zero attached hydrogens (tertiary/aromatic N) is 1. The van der Waals surface area contributed by atoms with Crippen molar-refractivity contribution in [2.24, 2.45) is 5.92 Å². The smallest absolute Gasteiger partial charge is 0.0419 e. The third-order valence-corrected chi connectivity index (χ3v) is 2.97. The molecule has 1 aromatic heterocycles. The van der Waals surface area contributed by atoms with Crippen molar-refractivity contribution in [2.75, 3.05) is 7.05 Å². The van der Waals surface area contributed by atoms with Crippen LogP contribution in [0.2, 0.25) is 0 Å². The third kappa shape index (κ3) is 4.43. The number of rotatable bonds is 6. The lowest BCUT2D eigenvalue weighted by atomic mass is 9.96. The zero-order chi connectivity index (χ0) is 11.1. The van der Waals surface area contributed by atoms with Gasteiger partial charge in [0, 0.05) is 24.4 Å². The average molecular weight is 206 g/mol. The summed E-state index contributed by atoms with van der Waals surface area (Å²) in [6.07, 6.45) is 5.37. The summed E-state index contributed by atoms with van der Waals surface area (Å²) in [6, 6.07) is 6.67. The molecule has 0 saturated carbocycles. The maximum atomic E-state index is 4.36. The predicted molar refractivity (Wildman–Crippen MR) is 64.9 cm³/mol. The van der Waals surface area contributed by atoms with Crippen molar-refractivity contribution in [1.29, 1.82) is 0 Å². The van der Waals surface area contributed by atoms with Crippen LogP contribution < -0.4 is 5.32 Å². The standard InChI is InChI=1S/C13H22N2/c1-4-11(2)9-13(14-3)10-12-7-5-6-8-15-12/h5-8,11,13-14H,4,9-10H2,1-3H3. The van der Waals surface area contributed by atoms with E-state index >= 15 is 0 Å². The predicted octanol–water partition coefficient (Wildman–Crippen LogP) is 2.65. The zero-order valence-electron chi connectivity index (χ0n) is 10.0. The fourth-order valence-corrected chi connectivity index (χ4v) is 1.73. The molecular weight excluding hydrogens is 184 g/mol. The molecule has 0 aliphatic carbocycles. The lowest BCUT2D eigenvalue weighted by molar-refractivity contribution is 0.408. The van der Waals surface area contributed by atoms with Crippen LogP contribution in [0.25, 0.3) is 0 Å². The van der Waals surface area contributed by atoms with Gasteiger partial charge < -0.3 is 5.32 Å². The molecule has 0 spiro atoms. The van der Waals surface area contributed by atoms with Gasteiger partial charge in [0.25, 0.3) is 0 Å².